The molecule has 4 aromatic rings. The van der Waals surface area contributed by atoms with Crippen molar-refractivity contribution in [2.45, 2.75) is 57.1 Å². The standard InChI is InChI=1S/C26H27FN6O2/c1-25(2)34-21-20(33-10-8-15-23(29)30-12-31-24(15)33)16-11-26(16,22(21)35-25)9-7-13-3-4-14-5-6-17(28)32-19(14)18(13)27/h3-6,8,10,12,16,20-22H,7,9,11H2,1-2H3,(H2,28,32)(H2,29,30,31)/t16-,20-,21+,22+,26-/m1/s1. The summed E-state index contributed by atoms with van der Waals surface area (Å²) in [4.78, 5) is 12.9. The largest absolute Gasteiger partial charge is 0.384 e. The highest BCUT2D eigenvalue weighted by Crippen LogP contribution is 2.73. The van der Waals surface area contributed by atoms with Gasteiger partial charge in [0.1, 0.15) is 35.2 Å². The fraction of sp³-hybridized carbons (Fsp3) is 0.423. The zero-order valence-electron chi connectivity index (χ0n) is 19.6. The van der Waals surface area contributed by atoms with E-state index in [1.165, 1.54) is 6.33 Å². The summed E-state index contributed by atoms with van der Waals surface area (Å²) in [6, 6.07) is 9.30. The molecule has 3 aromatic heterocycles. The van der Waals surface area contributed by atoms with Crippen LogP contribution in [0.4, 0.5) is 16.0 Å². The highest BCUT2D eigenvalue weighted by Gasteiger charge is 2.75. The number of nitrogen functional groups attached to an aromatic ring is 2. The van der Waals surface area contributed by atoms with E-state index in [0.717, 1.165) is 29.3 Å². The van der Waals surface area contributed by atoms with Gasteiger partial charge in [0, 0.05) is 17.0 Å². The molecule has 8 nitrogen and oxygen atoms in total. The van der Waals surface area contributed by atoms with E-state index in [0.29, 0.717) is 35.1 Å². The molecule has 5 atom stereocenters. The van der Waals surface area contributed by atoms with Crippen LogP contribution in [0.5, 0.6) is 0 Å². The average Bonchev–Trinajstić information content (AvgIpc) is 3.08. The van der Waals surface area contributed by atoms with Crippen molar-refractivity contribution in [1.82, 2.24) is 19.5 Å². The maximum Gasteiger partial charge on any atom is 0.163 e. The van der Waals surface area contributed by atoms with Crippen molar-refractivity contribution in [2.24, 2.45) is 11.3 Å². The number of rotatable bonds is 4. The van der Waals surface area contributed by atoms with Gasteiger partial charge >= 0.3 is 0 Å². The van der Waals surface area contributed by atoms with Crippen LogP contribution in [0.25, 0.3) is 21.9 Å². The van der Waals surface area contributed by atoms with Gasteiger partial charge in [-0.15, -0.1) is 0 Å². The van der Waals surface area contributed by atoms with E-state index < -0.39 is 5.79 Å². The molecular weight excluding hydrogens is 447 g/mol. The first-order valence-corrected chi connectivity index (χ1v) is 12.0. The molecule has 2 aliphatic carbocycles. The van der Waals surface area contributed by atoms with Gasteiger partial charge in [0.15, 0.2) is 11.6 Å². The molecule has 35 heavy (non-hydrogen) atoms. The number of aromatic nitrogens is 4. The fourth-order valence-electron chi connectivity index (χ4n) is 6.64. The summed E-state index contributed by atoms with van der Waals surface area (Å²) in [5, 5.41) is 1.59. The third-order valence-corrected chi connectivity index (χ3v) is 8.25. The summed E-state index contributed by atoms with van der Waals surface area (Å²) in [5.41, 5.74) is 13.6. The van der Waals surface area contributed by atoms with Crippen LogP contribution in [0.1, 0.15) is 38.3 Å². The molecule has 4 heterocycles. The Morgan fingerprint density at radius 1 is 1.11 bits per heavy atom. The lowest BCUT2D eigenvalue weighted by atomic mass is 9.91. The smallest absolute Gasteiger partial charge is 0.163 e. The number of benzene rings is 1. The van der Waals surface area contributed by atoms with Crippen molar-refractivity contribution in [3.05, 3.63) is 54.2 Å². The number of ether oxygens (including phenoxy) is 2. The summed E-state index contributed by atoms with van der Waals surface area (Å²) in [6.07, 6.45) is 5.74. The zero-order chi connectivity index (χ0) is 24.1. The number of halogens is 1. The van der Waals surface area contributed by atoms with Crippen LogP contribution in [0.3, 0.4) is 0 Å². The van der Waals surface area contributed by atoms with Crippen LogP contribution in [0, 0.1) is 17.2 Å². The van der Waals surface area contributed by atoms with Crippen LogP contribution in [0.2, 0.25) is 0 Å². The summed E-state index contributed by atoms with van der Waals surface area (Å²) in [5.74, 6) is 0.161. The Bertz CT molecular complexity index is 1500. The topological polar surface area (TPSA) is 114 Å². The molecule has 9 heteroatoms. The molecule has 0 bridgehead atoms. The minimum Gasteiger partial charge on any atom is -0.384 e. The normalized spacial score (nSPS) is 30.6. The van der Waals surface area contributed by atoms with Crippen molar-refractivity contribution in [3.8, 4) is 0 Å². The van der Waals surface area contributed by atoms with Crippen molar-refractivity contribution in [3.63, 3.8) is 0 Å². The highest BCUT2D eigenvalue weighted by molar-refractivity contribution is 5.86. The lowest BCUT2D eigenvalue weighted by Gasteiger charge is -2.24. The lowest BCUT2D eigenvalue weighted by Crippen LogP contribution is -2.32. The molecule has 7 rings (SSSR count). The van der Waals surface area contributed by atoms with E-state index >= 15 is 4.39 Å². The summed E-state index contributed by atoms with van der Waals surface area (Å²) >= 11 is 0. The molecule has 3 aliphatic rings. The molecule has 3 fully saturated rings. The quantitative estimate of drug-likeness (QED) is 0.460. The van der Waals surface area contributed by atoms with Crippen LogP contribution < -0.4 is 11.5 Å². The molecule has 1 saturated heterocycles. The van der Waals surface area contributed by atoms with E-state index in [1.54, 1.807) is 12.1 Å². The Morgan fingerprint density at radius 3 is 2.80 bits per heavy atom. The number of pyridine rings is 1. The summed E-state index contributed by atoms with van der Waals surface area (Å²) in [6.45, 7) is 3.92. The Morgan fingerprint density at radius 2 is 1.94 bits per heavy atom. The van der Waals surface area contributed by atoms with Gasteiger partial charge in [-0.05, 0) is 62.8 Å². The maximum atomic E-state index is 15.4. The molecule has 4 N–H and O–H groups in total. The van der Waals surface area contributed by atoms with Crippen molar-refractivity contribution < 1.29 is 13.9 Å². The first-order chi connectivity index (χ1) is 16.8. The minimum atomic E-state index is -0.680. The van der Waals surface area contributed by atoms with Gasteiger partial charge in [-0.25, -0.2) is 19.3 Å². The second-order valence-electron chi connectivity index (χ2n) is 10.6. The van der Waals surface area contributed by atoms with Crippen molar-refractivity contribution >= 4 is 33.6 Å². The number of aryl methyl sites for hydroxylation is 1. The van der Waals surface area contributed by atoms with Crippen LogP contribution in [-0.4, -0.2) is 37.5 Å². The Kier molecular flexibility index (Phi) is 4.14. The lowest BCUT2D eigenvalue weighted by molar-refractivity contribution is -0.161. The molecule has 0 spiro atoms. The number of anilines is 2. The molecule has 2 saturated carbocycles. The summed E-state index contributed by atoms with van der Waals surface area (Å²) < 4.78 is 30.5. The molecule has 0 radical (unpaired) electrons. The van der Waals surface area contributed by atoms with E-state index in [2.05, 4.69) is 19.5 Å². The van der Waals surface area contributed by atoms with E-state index in [4.69, 9.17) is 20.9 Å². The molecule has 1 aromatic carbocycles. The SMILES string of the molecule is CC1(C)O[C@H]2[C@H](n3ccc4c(N)ncnc43)[C@H]3C[C@@]3(CCc3ccc4ccc(N)nc4c3F)[C@H]2O1. The van der Waals surface area contributed by atoms with Crippen molar-refractivity contribution in [1.29, 1.82) is 0 Å². The average molecular weight is 475 g/mol. The molecule has 1 aliphatic heterocycles. The summed E-state index contributed by atoms with van der Waals surface area (Å²) in [7, 11) is 0. The molecule has 180 valence electrons. The van der Waals surface area contributed by atoms with Gasteiger partial charge < -0.3 is 25.5 Å². The van der Waals surface area contributed by atoms with Gasteiger partial charge in [-0.2, -0.15) is 0 Å². The number of hydrogen-bond acceptors (Lipinski definition) is 7. The van der Waals surface area contributed by atoms with Crippen LogP contribution in [-0.2, 0) is 15.9 Å². The number of fused-ring (bicyclic) bond motifs is 5. The van der Waals surface area contributed by atoms with Gasteiger partial charge in [-0.1, -0.05) is 12.1 Å². The third-order valence-electron chi connectivity index (χ3n) is 8.25. The van der Waals surface area contributed by atoms with Gasteiger partial charge in [0.2, 0.25) is 0 Å². The fourth-order valence-corrected chi connectivity index (χ4v) is 6.64. The van der Waals surface area contributed by atoms with E-state index in [1.807, 2.05) is 38.2 Å². The molecule has 0 amide bonds. The van der Waals surface area contributed by atoms with Gasteiger partial charge in [0.05, 0.1) is 17.5 Å². The van der Waals surface area contributed by atoms with Gasteiger partial charge in [-0.3, -0.25) is 0 Å². The first kappa shape index (κ1) is 21.0. The molecular formula is C26H27FN6O2. The van der Waals surface area contributed by atoms with E-state index in [9.17, 15) is 0 Å². The number of nitrogens with zero attached hydrogens (tertiary/aromatic N) is 4. The zero-order valence-corrected chi connectivity index (χ0v) is 19.6. The Balaban J connectivity index is 1.23. The second-order valence-corrected chi connectivity index (χ2v) is 10.6. The minimum absolute atomic E-state index is 0.0662. The van der Waals surface area contributed by atoms with E-state index in [-0.39, 0.29) is 29.5 Å². The number of hydrogen-bond donors (Lipinski definition) is 2. The first-order valence-electron chi connectivity index (χ1n) is 12.0. The molecule has 0 unspecified atom stereocenters. The highest BCUT2D eigenvalue weighted by atomic mass is 19.1. The van der Waals surface area contributed by atoms with Crippen LogP contribution >= 0.6 is 0 Å². The van der Waals surface area contributed by atoms with Crippen LogP contribution in [0.15, 0.2) is 42.9 Å². The predicted octanol–water partition coefficient (Wildman–Crippen LogP) is 4.00. The Labute approximate surface area is 201 Å². The monoisotopic (exact) mass is 474 g/mol. The van der Waals surface area contributed by atoms with Crippen molar-refractivity contribution in [2.75, 3.05) is 11.5 Å². The maximum absolute atomic E-state index is 15.4. The third kappa shape index (κ3) is 2.94. The van der Waals surface area contributed by atoms with Gasteiger partial charge in [0.25, 0.3) is 0 Å². The predicted molar refractivity (Wildman–Crippen MR) is 130 cm³/mol. The number of nitrogens with two attached hydrogens (primary N) is 2. The Hall–Kier alpha value is -3.30. The second kappa shape index (κ2) is 6.89.